The molecule has 0 aliphatic carbocycles. The van der Waals surface area contributed by atoms with Crippen LogP contribution in [0.1, 0.15) is 39.2 Å². The van der Waals surface area contributed by atoms with E-state index in [0.717, 1.165) is 5.69 Å². The Morgan fingerprint density at radius 3 is 2.46 bits per heavy atom. The second-order valence-corrected chi connectivity index (χ2v) is 6.22. The average molecular weight is 333 g/mol. The predicted molar refractivity (Wildman–Crippen MR) is 94.5 cm³/mol. The quantitative estimate of drug-likeness (QED) is 0.869. The predicted octanol–water partition coefficient (Wildman–Crippen LogP) is 3.19. The third kappa shape index (κ3) is 4.19. The zero-order chi connectivity index (χ0) is 17.7. The van der Waals surface area contributed by atoms with Crippen molar-refractivity contribution in [3.8, 4) is 0 Å². The lowest BCUT2D eigenvalue weighted by Gasteiger charge is -2.20. The van der Waals surface area contributed by atoms with Gasteiger partial charge in [0, 0.05) is 18.8 Å². The van der Waals surface area contributed by atoms with Crippen LogP contribution in [0.15, 0.2) is 24.3 Å². The van der Waals surface area contributed by atoms with Crippen LogP contribution in [0.5, 0.6) is 0 Å². The molecule has 24 heavy (non-hydrogen) atoms. The molecular weight excluding hydrogens is 306 g/mol. The first-order valence-corrected chi connectivity index (χ1v) is 8.57. The fraction of sp³-hybridized carbons (Fsp3) is 0.556. The molecule has 1 aromatic rings. The Bertz CT molecular complexity index is 567. The normalized spacial score (nSPS) is 17.1. The molecule has 0 saturated carbocycles. The first kappa shape index (κ1) is 18.1. The van der Waals surface area contributed by atoms with Crippen molar-refractivity contribution >= 4 is 17.8 Å². The lowest BCUT2D eigenvalue weighted by atomic mass is 10.0. The minimum atomic E-state index is -0.366. The Kier molecular flexibility index (Phi) is 6.06. The highest BCUT2D eigenvalue weighted by molar-refractivity contribution is 5.89. The highest BCUT2D eigenvalue weighted by Gasteiger charge is 2.32. The second kappa shape index (κ2) is 8.04. The highest BCUT2D eigenvalue weighted by atomic mass is 16.6. The van der Waals surface area contributed by atoms with Crippen molar-refractivity contribution in [2.24, 2.45) is 0 Å². The summed E-state index contributed by atoms with van der Waals surface area (Å²) >= 11 is 0. The number of carbonyl (C=O) groups is 2. The molecule has 2 rings (SSSR count). The van der Waals surface area contributed by atoms with Crippen LogP contribution in [0.3, 0.4) is 0 Å². The van der Waals surface area contributed by atoms with Gasteiger partial charge in [0.1, 0.15) is 6.10 Å². The van der Waals surface area contributed by atoms with Gasteiger partial charge in [-0.25, -0.2) is 9.59 Å². The number of ether oxygens (including phenoxy) is 1. The molecule has 1 aliphatic heterocycles. The summed E-state index contributed by atoms with van der Waals surface area (Å²) in [7, 11) is 0. The van der Waals surface area contributed by atoms with E-state index in [4.69, 9.17) is 4.74 Å². The fourth-order valence-corrected chi connectivity index (χ4v) is 2.70. The number of carbonyl (C=O) groups excluding carboxylic acids is 2. The van der Waals surface area contributed by atoms with Gasteiger partial charge >= 0.3 is 12.1 Å². The van der Waals surface area contributed by atoms with Crippen LogP contribution in [0, 0.1) is 0 Å². The summed E-state index contributed by atoms with van der Waals surface area (Å²) in [6, 6.07) is 7.81. The molecular formula is C18H27N3O3. The van der Waals surface area contributed by atoms with E-state index in [1.54, 1.807) is 9.80 Å². The number of hydrogen-bond donors (Lipinski definition) is 1. The molecule has 0 spiro atoms. The number of rotatable bonds is 6. The molecule has 1 aliphatic rings. The second-order valence-electron chi connectivity index (χ2n) is 6.22. The molecule has 1 unspecified atom stereocenters. The molecule has 0 aromatic heterocycles. The lowest BCUT2D eigenvalue weighted by molar-refractivity contribution is 0.138. The molecule has 1 fully saturated rings. The van der Waals surface area contributed by atoms with Gasteiger partial charge in [-0.1, -0.05) is 26.0 Å². The van der Waals surface area contributed by atoms with Crippen LogP contribution in [-0.2, 0) is 4.74 Å². The maximum absolute atomic E-state index is 12.1. The number of urea groups is 1. The van der Waals surface area contributed by atoms with Crippen molar-refractivity contribution in [1.82, 2.24) is 10.2 Å². The summed E-state index contributed by atoms with van der Waals surface area (Å²) < 4.78 is 5.36. The molecule has 132 valence electrons. The number of nitrogens with one attached hydrogen (secondary N) is 1. The molecule has 6 nitrogen and oxygen atoms in total. The Morgan fingerprint density at radius 1 is 1.29 bits per heavy atom. The molecule has 1 N–H and O–H groups in total. The third-order valence-electron chi connectivity index (χ3n) is 4.28. The third-order valence-corrected chi connectivity index (χ3v) is 4.28. The molecule has 1 saturated heterocycles. The molecule has 6 heteroatoms. The number of cyclic esters (lactones) is 1. The molecule has 1 atom stereocenters. The Balaban J connectivity index is 1.92. The van der Waals surface area contributed by atoms with Gasteiger partial charge in [0.2, 0.25) is 0 Å². The molecule has 1 heterocycles. The lowest BCUT2D eigenvalue weighted by Crippen LogP contribution is -2.43. The van der Waals surface area contributed by atoms with Crippen LogP contribution in [0.25, 0.3) is 0 Å². The monoisotopic (exact) mass is 333 g/mol. The van der Waals surface area contributed by atoms with E-state index < -0.39 is 0 Å². The van der Waals surface area contributed by atoms with Gasteiger partial charge in [0.25, 0.3) is 0 Å². The zero-order valence-corrected chi connectivity index (χ0v) is 14.9. The number of nitrogens with zero attached hydrogens (tertiary/aromatic N) is 2. The number of amides is 3. The van der Waals surface area contributed by atoms with Gasteiger partial charge in [-0.2, -0.15) is 0 Å². The van der Waals surface area contributed by atoms with E-state index in [1.807, 2.05) is 38.1 Å². The van der Waals surface area contributed by atoms with Gasteiger partial charge in [0.05, 0.1) is 13.1 Å². The van der Waals surface area contributed by atoms with Crippen LogP contribution in [-0.4, -0.2) is 49.3 Å². The van der Waals surface area contributed by atoms with Crippen LogP contribution in [0.4, 0.5) is 15.3 Å². The van der Waals surface area contributed by atoms with Gasteiger partial charge in [-0.15, -0.1) is 0 Å². The molecule has 0 radical (unpaired) electrons. The smallest absolute Gasteiger partial charge is 0.414 e. The minimum absolute atomic E-state index is 0.129. The van der Waals surface area contributed by atoms with Gasteiger partial charge in [-0.3, -0.25) is 4.90 Å². The maximum atomic E-state index is 12.1. The minimum Gasteiger partial charge on any atom is -0.442 e. The first-order chi connectivity index (χ1) is 11.5. The van der Waals surface area contributed by atoms with Crippen molar-refractivity contribution in [3.63, 3.8) is 0 Å². The summed E-state index contributed by atoms with van der Waals surface area (Å²) in [5, 5.41) is 2.83. The Labute approximate surface area is 143 Å². The standard InChI is InChI=1S/C18H27N3O3/c1-5-20(6-2)17(22)19-11-16-12-21(18(23)24-16)15-9-7-14(8-10-15)13(3)4/h7-10,13,16H,5-6,11-12H2,1-4H3,(H,19,22). The Hall–Kier alpha value is -2.24. The number of benzene rings is 1. The van der Waals surface area contributed by atoms with Gasteiger partial charge < -0.3 is 15.0 Å². The van der Waals surface area contributed by atoms with Crippen molar-refractivity contribution in [1.29, 1.82) is 0 Å². The van der Waals surface area contributed by atoms with Crippen LogP contribution < -0.4 is 10.2 Å². The largest absolute Gasteiger partial charge is 0.442 e. The van der Waals surface area contributed by atoms with Gasteiger partial charge in [-0.05, 0) is 37.5 Å². The van der Waals surface area contributed by atoms with E-state index >= 15 is 0 Å². The van der Waals surface area contributed by atoms with Crippen molar-refractivity contribution < 1.29 is 14.3 Å². The summed E-state index contributed by atoms with van der Waals surface area (Å²) in [5.74, 6) is 0.451. The maximum Gasteiger partial charge on any atom is 0.414 e. The van der Waals surface area contributed by atoms with E-state index in [-0.39, 0.29) is 18.2 Å². The van der Waals surface area contributed by atoms with Crippen LogP contribution in [0.2, 0.25) is 0 Å². The van der Waals surface area contributed by atoms with Crippen molar-refractivity contribution in [3.05, 3.63) is 29.8 Å². The van der Waals surface area contributed by atoms with Crippen molar-refractivity contribution in [2.75, 3.05) is 31.1 Å². The first-order valence-electron chi connectivity index (χ1n) is 8.57. The van der Waals surface area contributed by atoms with E-state index in [2.05, 4.69) is 19.2 Å². The topological polar surface area (TPSA) is 61.9 Å². The number of anilines is 1. The summed E-state index contributed by atoms with van der Waals surface area (Å²) in [4.78, 5) is 27.3. The van der Waals surface area contributed by atoms with Crippen molar-refractivity contribution in [2.45, 2.75) is 39.7 Å². The zero-order valence-electron chi connectivity index (χ0n) is 14.9. The summed E-state index contributed by atoms with van der Waals surface area (Å²) in [5.41, 5.74) is 2.05. The molecule has 1 aromatic carbocycles. The number of hydrogen-bond acceptors (Lipinski definition) is 3. The summed E-state index contributed by atoms with van der Waals surface area (Å²) in [6.45, 7) is 10.2. The van der Waals surface area contributed by atoms with E-state index in [9.17, 15) is 9.59 Å². The highest BCUT2D eigenvalue weighted by Crippen LogP contribution is 2.24. The Morgan fingerprint density at radius 2 is 1.92 bits per heavy atom. The van der Waals surface area contributed by atoms with Gasteiger partial charge in [0.15, 0.2) is 0 Å². The summed E-state index contributed by atoms with van der Waals surface area (Å²) in [6.07, 6.45) is -0.698. The molecule has 3 amide bonds. The molecule has 0 bridgehead atoms. The average Bonchev–Trinajstić information content (AvgIpc) is 2.95. The SMILES string of the molecule is CCN(CC)C(=O)NCC1CN(c2ccc(C(C)C)cc2)C(=O)O1. The van der Waals surface area contributed by atoms with E-state index in [1.165, 1.54) is 5.56 Å². The fourth-order valence-electron chi connectivity index (χ4n) is 2.70. The van der Waals surface area contributed by atoms with E-state index in [0.29, 0.717) is 32.1 Å². The van der Waals surface area contributed by atoms with Crippen LogP contribution >= 0.6 is 0 Å².